The number of hydrogen-bond donors (Lipinski definition) is 1. The first-order valence-corrected chi connectivity index (χ1v) is 7.21. The maximum atomic E-state index is 13.0. The van der Waals surface area contributed by atoms with Crippen LogP contribution >= 0.6 is 0 Å². The van der Waals surface area contributed by atoms with Crippen LogP contribution in [-0.4, -0.2) is 36.2 Å². The van der Waals surface area contributed by atoms with Crippen LogP contribution in [-0.2, 0) is 6.18 Å². The minimum Gasteiger partial charge on any atom is -0.396 e. The Morgan fingerprint density at radius 1 is 1.14 bits per heavy atom. The van der Waals surface area contributed by atoms with E-state index in [1.54, 1.807) is 12.1 Å². The molecule has 2 nitrogen and oxygen atoms in total. The van der Waals surface area contributed by atoms with Gasteiger partial charge in [0.15, 0.2) is 0 Å². The lowest BCUT2D eigenvalue weighted by Gasteiger charge is -2.27. The Bertz CT molecular complexity index is 497. The van der Waals surface area contributed by atoms with Crippen LogP contribution < -0.4 is 0 Å². The predicted molar refractivity (Wildman–Crippen MR) is 76.8 cm³/mol. The molecule has 2 rings (SSSR count). The molecule has 0 radical (unpaired) electrons. The number of halogens is 3. The third kappa shape index (κ3) is 4.32. The van der Waals surface area contributed by atoms with Crippen LogP contribution in [0.2, 0.25) is 0 Å². The second kappa shape index (κ2) is 7.09. The number of aliphatic hydroxyl groups excluding tert-OH is 1. The number of rotatable bonds is 5. The molecule has 1 aromatic carbocycles. The quantitative estimate of drug-likeness (QED) is 0.840. The third-order valence-electron chi connectivity index (χ3n) is 3.75. The van der Waals surface area contributed by atoms with Gasteiger partial charge in [0.25, 0.3) is 0 Å². The van der Waals surface area contributed by atoms with Crippen molar-refractivity contribution in [2.24, 2.45) is 0 Å². The van der Waals surface area contributed by atoms with Crippen LogP contribution in [0.3, 0.4) is 0 Å². The lowest BCUT2D eigenvalue weighted by Crippen LogP contribution is -2.29. The summed E-state index contributed by atoms with van der Waals surface area (Å²) in [6.07, 6.45) is -0.0995. The Hall–Kier alpha value is -1.33. The molecule has 0 aromatic heterocycles. The first-order chi connectivity index (χ1) is 10.0. The monoisotopic (exact) mass is 299 g/mol. The molecule has 0 spiro atoms. The van der Waals surface area contributed by atoms with E-state index in [9.17, 15) is 13.2 Å². The molecule has 1 aliphatic rings. The summed E-state index contributed by atoms with van der Waals surface area (Å²) in [7, 11) is 0. The predicted octanol–water partition coefficient (Wildman–Crippen LogP) is 3.57. The molecule has 1 heterocycles. The largest absolute Gasteiger partial charge is 0.416 e. The number of aliphatic hydroxyl groups is 1. The molecular formula is C16H20F3NO. The van der Waals surface area contributed by atoms with Gasteiger partial charge in [0, 0.05) is 19.7 Å². The van der Waals surface area contributed by atoms with Gasteiger partial charge in [-0.15, -0.1) is 0 Å². The fourth-order valence-corrected chi connectivity index (χ4v) is 2.62. The average Bonchev–Trinajstić information content (AvgIpc) is 2.47. The molecule has 1 N–H and O–H groups in total. The molecule has 1 aromatic rings. The third-order valence-corrected chi connectivity index (χ3v) is 3.75. The number of nitrogens with zero attached hydrogens (tertiary/aromatic N) is 1. The molecule has 21 heavy (non-hydrogen) atoms. The summed E-state index contributed by atoms with van der Waals surface area (Å²) in [5.41, 5.74) is 0.534. The van der Waals surface area contributed by atoms with Crippen LogP contribution in [0.25, 0.3) is 5.57 Å². The van der Waals surface area contributed by atoms with Crippen LogP contribution in [0, 0.1) is 0 Å². The van der Waals surface area contributed by atoms with Gasteiger partial charge in [0.1, 0.15) is 0 Å². The lowest BCUT2D eigenvalue weighted by atomic mass is 9.94. The van der Waals surface area contributed by atoms with Crippen LogP contribution in [0.1, 0.15) is 30.4 Å². The van der Waals surface area contributed by atoms with E-state index in [0.717, 1.165) is 37.6 Å². The molecule has 0 unspecified atom stereocenters. The smallest absolute Gasteiger partial charge is 0.396 e. The summed E-state index contributed by atoms with van der Waals surface area (Å²) < 4.78 is 39.1. The second-order valence-corrected chi connectivity index (χ2v) is 5.25. The highest BCUT2D eigenvalue weighted by Gasteiger charge is 2.33. The lowest BCUT2D eigenvalue weighted by molar-refractivity contribution is -0.137. The van der Waals surface area contributed by atoms with Gasteiger partial charge in [0.2, 0.25) is 0 Å². The molecule has 116 valence electrons. The molecular weight excluding hydrogens is 279 g/mol. The van der Waals surface area contributed by atoms with E-state index in [4.69, 9.17) is 5.11 Å². The topological polar surface area (TPSA) is 23.5 Å². The van der Waals surface area contributed by atoms with E-state index in [-0.39, 0.29) is 6.61 Å². The van der Waals surface area contributed by atoms with Gasteiger partial charge in [-0.2, -0.15) is 13.2 Å². The van der Waals surface area contributed by atoms with E-state index in [0.29, 0.717) is 18.5 Å². The number of unbranched alkanes of at least 4 members (excludes halogenated alkanes) is 1. The molecule has 0 saturated carbocycles. The van der Waals surface area contributed by atoms with E-state index in [1.165, 1.54) is 6.07 Å². The van der Waals surface area contributed by atoms with E-state index in [1.807, 2.05) is 6.08 Å². The first kappa shape index (κ1) is 16.0. The molecule has 0 saturated heterocycles. The van der Waals surface area contributed by atoms with E-state index >= 15 is 0 Å². The zero-order valence-electron chi connectivity index (χ0n) is 11.9. The second-order valence-electron chi connectivity index (χ2n) is 5.25. The number of hydrogen-bond acceptors (Lipinski definition) is 2. The Kier molecular flexibility index (Phi) is 5.42. The van der Waals surface area contributed by atoms with Crippen molar-refractivity contribution in [3.05, 3.63) is 41.5 Å². The van der Waals surface area contributed by atoms with Gasteiger partial charge < -0.3 is 5.11 Å². The van der Waals surface area contributed by atoms with Crippen molar-refractivity contribution < 1.29 is 18.3 Å². The molecule has 0 bridgehead atoms. The average molecular weight is 299 g/mol. The maximum Gasteiger partial charge on any atom is 0.416 e. The van der Waals surface area contributed by atoms with Crippen LogP contribution in [0.15, 0.2) is 30.3 Å². The highest BCUT2D eigenvalue weighted by atomic mass is 19.4. The van der Waals surface area contributed by atoms with Gasteiger partial charge in [-0.3, -0.25) is 4.90 Å². The van der Waals surface area contributed by atoms with Gasteiger partial charge in [-0.1, -0.05) is 24.3 Å². The SMILES string of the molecule is OCCCCN1CC=C(c2ccccc2C(F)(F)F)CC1. The molecule has 0 fully saturated rings. The van der Waals surface area contributed by atoms with Crippen LogP contribution in [0.4, 0.5) is 13.2 Å². The molecule has 0 atom stereocenters. The first-order valence-electron chi connectivity index (χ1n) is 7.21. The molecule has 1 aliphatic heterocycles. The summed E-state index contributed by atoms with van der Waals surface area (Å²) in [5, 5.41) is 8.76. The summed E-state index contributed by atoms with van der Waals surface area (Å²) >= 11 is 0. The van der Waals surface area contributed by atoms with Crippen molar-refractivity contribution in [2.75, 3.05) is 26.2 Å². The van der Waals surface area contributed by atoms with Crippen molar-refractivity contribution in [3.63, 3.8) is 0 Å². The summed E-state index contributed by atoms with van der Waals surface area (Å²) in [5.74, 6) is 0. The summed E-state index contributed by atoms with van der Waals surface area (Å²) in [4.78, 5) is 2.20. The Morgan fingerprint density at radius 3 is 2.52 bits per heavy atom. The van der Waals surface area contributed by atoms with Gasteiger partial charge >= 0.3 is 6.18 Å². The minimum absolute atomic E-state index is 0.188. The highest BCUT2D eigenvalue weighted by molar-refractivity contribution is 5.69. The normalized spacial score (nSPS) is 16.9. The van der Waals surface area contributed by atoms with Crippen molar-refractivity contribution in [3.8, 4) is 0 Å². The van der Waals surface area contributed by atoms with Crippen molar-refractivity contribution in [1.29, 1.82) is 0 Å². The zero-order valence-corrected chi connectivity index (χ0v) is 11.9. The maximum absolute atomic E-state index is 13.0. The standard InChI is InChI=1S/C16H20F3NO/c17-16(18,19)15-6-2-1-5-14(15)13-7-10-20(11-8-13)9-3-4-12-21/h1-2,5-7,21H,3-4,8-12H2. The minimum atomic E-state index is -4.31. The number of benzene rings is 1. The Morgan fingerprint density at radius 2 is 1.90 bits per heavy atom. The Balaban J connectivity index is 2.07. The van der Waals surface area contributed by atoms with Crippen molar-refractivity contribution in [1.82, 2.24) is 4.90 Å². The van der Waals surface area contributed by atoms with E-state index < -0.39 is 11.7 Å². The van der Waals surface area contributed by atoms with Crippen molar-refractivity contribution in [2.45, 2.75) is 25.4 Å². The Labute approximate surface area is 122 Å². The molecule has 0 amide bonds. The summed E-state index contributed by atoms with van der Waals surface area (Å²) in [6.45, 7) is 2.51. The van der Waals surface area contributed by atoms with Gasteiger partial charge in [-0.05, 0) is 43.0 Å². The van der Waals surface area contributed by atoms with Crippen LogP contribution in [0.5, 0.6) is 0 Å². The molecule has 5 heteroatoms. The van der Waals surface area contributed by atoms with E-state index in [2.05, 4.69) is 4.90 Å². The summed E-state index contributed by atoms with van der Waals surface area (Å²) in [6, 6.07) is 5.77. The molecule has 0 aliphatic carbocycles. The van der Waals surface area contributed by atoms with Crippen molar-refractivity contribution >= 4 is 5.57 Å². The van der Waals surface area contributed by atoms with Gasteiger partial charge in [0.05, 0.1) is 5.56 Å². The van der Waals surface area contributed by atoms with Gasteiger partial charge in [-0.25, -0.2) is 0 Å². The fourth-order valence-electron chi connectivity index (χ4n) is 2.62. The number of alkyl halides is 3. The fraction of sp³-hybridized carbons (Fsp3) is 0.500. The zero-order chi connectivity index (χ0) is 15.3. The highest BCUT2D eigenvalue weighted by Crippen LogP contribution is 2.36.